The van der Waals surface area contributed by atoms with Crippen LogP contribution >= 0.6 is 0 Å². The molecule has 0 spiro atoms. The highest BCUT2D eigenvalue weighted by molar-refractivity contribution is 5.82. The lowest BCUT2D eigenvalue weighted by Gasteiger charge is -2.46. The lowest BCUT2D eigenvalue weighted by Crippen LogP contribution is -2.65. The molecule has 280 valence electrons. The monoisotopic (exact) mass is 724 g/mol. The first-order valence-electron chi connectivity index (χ1n) is 16.1. The fraction of sp³-hybridized carbons (Fsp3) is 0.545. The van der Waals surface area contributed by atoms with Crippen molar-refractivity contribution >= 4 is 11.0 Å². The third-order valence-electron chi connectivity index (χ3n) is 9.21. The highest BCUT2D eigenvalue weighted by Crippen LogP contribution is 2.38. The van der Waals surface area contributed by atoms with Crippen molar-refractivity contribution in [3.8, 4) is 28.6 Å². The number of benzene rings is 2. The normalized spacial score (nSPS) is 38.8. The maximum Gasteiger partial charge on any atom is 0.235 e. The average molecular weight is 725 g/mol. The van der Waals surface area contributed by atoms with E-state index < -0.39 is 121 Å². The Balaban J connectivity index is 1.37. The van der Waals surface area contributed by atoms with Gasteiger partial charge in [-0.3, -0.25) is 4.79 Å². The number of ether oxygens (including phenoxy) is 6. The quantitative estimate of drug-likeness (QED) is 0.110. The molecule has 3 aromatic rings. The van der Waals surface area contributed by atoms with E-state index >= 15 is 0 Å². The molecule has 0 amide bonds. The van der Waals surface area contributed by atoms with Gasteiger partial charge < -0.3 is 83.9 Å². The number of rotatable bonds is 8. The average Bonchev–Trinajstić information content (AvgIpc) is 3.11. The van der Waals surface area contributed by atoms with E-state index in [4.69, 9.17) is 32.8 Å². The summed E-state index contributed by atoms with van der Waals surface area (Å²) in [6, 6.07) is 9.68. The minimum Gasteiger partial charge on any atom is -0.504 e. The van der Waals surface area contributed by atoms with Gasteiger partial charge in [0.25, 0.3) is 0 Å². The molecule has 18 nitrogen and oxygen atoms in total. The third kappa shape index (κ3) is 7.16. The van der Waals surface area contributed by atoms with Gasteiger partial charge >= 0.3 is 0 Å². The molecule has 18 heteroatoms. The van der Waals surface area contributed by atoms with E-state index in [0.717, 1.165) is 12.1 Å². The summed E-state index contributed by atoms with van der Waals surface area (Å²) in [5, 5.41) is 105. The first-order valence-corrected chi connectivity index (χ1v) is 16.1. The summed E-state index contributed by atoms with van der Waals surface area (Å²) in [5.74, 6) is -1.82. The standard InChI is InChI=1S/C33H40O18/c1-11-19(36)23(40)26(43)31(46-11)45-10-18-22(39)25(42)30(51-32-27(44)24(41)20(37)12(2)47-32)33(49-18)50-29-21(38)14-5-3-4-6-17(14)48-28(29)13-7-8-15(34)16(35)9-13/h3-9,11-12,18-20,22-27,30-37,39-44H,10H2,1-2H3/t11-,12-,18+,19-,20-,22-,23+,24+,25-,26+,27+,30+,31+,32-,33-/m0/s1. The summed E-state index contributed by atoms with van der Waals surface area (Å²) < 4.78 is 40.5. The molecule has 2 aromatic carbocycles. The molecular weight excluding hydrogens is 684 g/mol. The number of hydrogen-bond donors (Lipinski definition) is 10. The number of para-hydroxylation sites is 1. The fourth-order valence-corrected chi connectivity index (χ4v) is 6.11. The fourth-order valence-electron chi connectivity index (χ4n) is 6.11. The van der Waals surface area contributed by atoms with Crippen LogP contribution in [0.1, 0.15) is 13.8 Å². The molecular formula is C33H40O18. The Bertz CT molecular complexity index is 1730. The third-order valence-corrected chi connectivity index (χ3v) is 9.21. The van der Waals surface area contributed by atoms with E-state index in [1.165, 1.54) is 32.0 Å². The zero-order valence-corrected chi connectivity index (χ0v) is 27.1. The SMILES string of the molecule is C[C@@H]1O[C@@H](OC[C@H]2O[C@@H](Oc3c(-c4ccc(O)c(O)c4)oc4ccccc4c3=O)[C@H](O[C@@H]3O[C@@H](C)[C@H](O)[C@@H](O)[C@H]3O)[C@@H](O)[C@H]2O)[C@H](O)[C@H](O)[C@H]1O. The molecule has 3 fully saturated rings. The number of fused-ring (bicyclic) bond motifs is 1. The summed E-state index contributed by atoms with van der Waals surface area (Å²) in [6.07, 6.45) is -24.2. The second kappa shape index (κ2) is 14.9. The number of aliphatic hydroxyl groups excluding tert-OH is 8. The predicted molar refractivity (Wildman–Crippen MR) is 168 cm³/mol. The zero-order valence-electron chi connectivity index (χ0n) is 27.1. The number of phenols is 2. The van der Waals surface area contributed by atoms with Gasteiger partial charge in [0.15, 0.2) is 35.9 Å². The van der Waals surface area contributed by atoms with Crippen molar-refractivity contribution in [2.24, 2.45) is 0 Å². The van der Waals surface area contributed by atoms with Crippen LogP contribution in [0.3, 0.4) is 0 Å². The zero-order chi connectivity index (χ0) is 36.9. The van der Waals surface area contributed by atoms with Gasteiger partial charge in [-0.05, 0) is 44.2 Å². The second-order valence-corrected chi connectivity index (χ2v) is 12.7. The van der Waals surface area contributed by atoms with Crippen LogP contribution in [-0.2, 0) is 23.7 Å². The Morgan fingerprint density at radius 3 is 1.96 bits per heavy atom. The van der Waals surface area contributed by atoms with Gasteiger partial charge in [-0.1, -0.05) is 12.1 Å². The van der Waals surface area contributed by atoms with Crippen LogP contribution in [0.2, 0.25) is 0 Å². The van der Waals surface area contributed by atoms with E-state index in [2.05, 4.69) is 0 Å². The van der Waals surface area contributed by atoms with E-state index in [-0.39, 0.29) is 22.3 Å². The lowest BCUT2D eigenvalue weighted by molar-refractivity contribution is -0.360. The summed E-state index contributed by atoms with van der Waals surface area (Å²) in [7, 11) is 0. The summed E-state index contributed by atoms with van der Waals surface area (Å²) in [5.41, 5.74) is -0.576. The van der Waals surface area contributed by atoms with E-state index in [0.29, 0.717) is 0 Å². The minimum absolute atomic E-state index is 0.0447. The smallest absolute Gasteiger partial charge is 0.235 e. The number of aromatic hydroxyl groups is 2. The summed E-state index contributed by atoms with van der Waals surface area (Å²) in [6.45, 7) is 2.19. The van der Waals surface area contributed by atoms with Crippen LogP contribution in [0.25, 0.3) is 22.3 Å². The Labute approximate surface area is 288 Å². The van der Waals surface area contributed by atoms with Crippen molar-refractivity contribution in [1.29, 1.82) is 0 Å². The molecule has 51 heavy (non-hydrogen) atoms. The molecule has 0 radical (unpaired) electrons. The molecule has 0 saturated carbocycles. The minimum atomic E-state index is -1.95. The van der Waals surface area contributed by atoms with Crippen molar-refractivity contribution in [2.75, 3.05) is 6.61 Å². The highest BCUT2D eigenvalue weighted by atomic mass is 16.8. The molecule has 10 N–H and O–H groups in total. The maximum absolute atomic E-state index is 14.0. The number of aliphatic hydroxyl groups is 8. The molecule has 3 aliphatic heterocycles. The van der Waals surface area contributed by atoms with E-state index in [1.807, 2.05) is 0 Å². The molecule has 0 aliphatic carbocycles. The molecule has 3 aliphatic rings. The number of hydrogen-bond acceptors (Lipinski definition) is 18. The summed E-state index contributed by atoms with van der Waals surface area (Å²) in [4.78, 5) is 14.0. The topological polar surface area (TPSA) is 288 Å². The van der Waals surface area contributed by atoms with Gasteiger partial charge in [0, 0.05) is 5.56 Å². The molecule has 0 unspecified atom stereocenters. The van der Waals surface area contributed by atoms with E-state index in [1.54, 1.807) is 12.1 Å². The van der Waals surface area contributed by atoms with Gasteiger partial charge in [-0.15, -0.1) is 0 Å². The lowest BCUT2D eigenvalue weighted by atomic mass is 9.97. The van der Waals surface area contributed by atoms with Gasteiger partial charge in [0.05, 0.1) is 24.2 Å². The molecule has 1 aromatic heterocycles. The van der Waals surface area contributed by atoms with Gasteiger partial charge in [-0.2, -0.15) is 0 Å². The van der Waals surface area contributed by atoms with Crippen molar-refractivity contribution in [1.82, 2.24) is 0 Å². The van der Waals surface area contributed by atoms with Crippen LogP contribution in [0, 0.1) is 0 Å². The van der Waals surface area contributed by atoms with Crippen molar-refractivity contribution in [3.05, 3.63) is 52.7 Å². The van der Waals surface area contributed by atoms with Crippen LogP contribution in [0.5, 0.6) is 17.2 Å². The van der Waals surface area contributed by atoms with Crippen molar-refractivity contribution in [2.45, 2.75) is 106 Å². The predicted octanol–water partition coefficient (Wildman–Crippen LogP) is -2.25. The first kappa shape index (κ1) is 37.3. The first-order chi connectivity index (χ1) is 24.2. The molecule has 3 saturated heterocycles. The maximum atomic E-state index is 14.0. The Morgan fingerprint density at radius 2 is 1.29 bits per heavy atom. The molecule has 6 rings (SSSR count). The Hall–Kier alpha value is -3.47. The second-order valence-electron chi connectivity index (χ2n) is 12.7. The Morgan fingerprint density at radius 1 is 0.667 bits per heavy atom. The highest BCUT2D eigenvalue weighted by Gasteiger charge is 2.52. The van der Waals surface area contributed by atoms with Gasteiger partial charge in [0.2, 0.25) is 17.5 Å². The van der Waals surface area contributed by atoms with Crippen LogP contribution in [-0.4, -0.2) is 150 Å². The molecule has 4 heterocycles. The van der Waals surface area contributed by atoms with Crippen molar-refractivity contribution < 1.29 is 83.9 Å². The molecule has 15 atom stereocenters. The van der Waals surface area contributed by atoms with Crippen LogP contribution in [0.15, 0.2) is 51.7 Å². The van der Waals surface area contributed by atoms with Crippen LogP contribution in [0.4, 0.5) is 0 Å². The summed E-state index contributed by atoms with van der Waals surface area (Å²) >= 11 is 0. The van der Waals surface area contributed by atoms with Gasteiger partial charge in [0.1, 0.15) is 60.5 Å². The van der Waals surface area contributed by atoms with Crippen LogP contribution < -0.4 is 10.2 Å². The van der Waals surface area contributed by atoms with Crippen molar-refractivity contribution in [3.63, 3.8) is 0 Å². The molecule has 0 bridgehead atoms. The number of phenolic OH excluding ortho intramolecular Hbond substituents is 2. The van der Waals surface area contributed by atoms with Gasteiger partial charge in [-0.25, -0.2) is 0 Å². The van der Waals surface area contributed by atoms with E-state index in [9.17, 15) is 55.9 Å². The Kier molecular flexibility index (Phi) is 10.9. The largest absolute Gasteiger partial charge is 0.504 e.